The van der Waals surface area contributed by atoms with Crippen LogP contribution >= 0.6 is 0 Å². The molecule has 0 saturated carbocycles. The van der Waals surface area contributed by atoms with Crippen LogP contribution in [0.1, 0.15) is 50.9 Å². The smallest absolute Gasteiger partial charge is 0.408 e. The van der Waals surface area contributed by atoms with Crippen molar-refractivity contribution in [3.8, 4) is 17.3 Å². The fourth-order valence-electron chi connectivity index (χ4n) is 6.05. The molecule has 3 heterocycles. The quantitative estimate of drug-likeness (QED) is 0.362. The number of rotatable bonds is 5. The van der Waals surface area contributed by atoms with Gasteiger partial charge in [0, 0.05) is 43.2 Å². The predicted octanol–water partition coefficient (Wildman–Crippen LogP) is 5.61. The first kappa shape index (κ1) is 26.6. The fourth-order valence-corrected chi connectivity index (χ4v) is 6.05. The van der Waals surface area contributed by atoms with Gasteiger partial charge in [0.05, 0.1) is 35.4 Å². The van der Waals surface area contributed by atoms with Gasteiger partial charge in [0.1, 0.15) is 5.75 Å². The summed E-state index contributed by atoms with van der Waals surface area (Å²) in [5.74, 6) is 1.54. The summed E-state index contributed by atoms with van der Waals surface area (Å²) in [6.07, 6.45) is 0.551. The summed E-state index contributed by atoms with van der Waals surface area (Å²) in [4.78, 5) is 33.9. The molecule has 206 valence electrons. The minimum Gasteiger partial charge on any atom is -0.495 e. The number of methoxy groups -OCH3 is 1. The third-order valence-electron chi connectivity index (χ3n) is 7.75. The molecule has 2 amide bonds. The van der Waals surface area contributed by atoms with Gasteiger partial charge in [-0.3, -0.25) is 9.69 Å². The van der Waals surface area contributed by atoms with Crippen LogP contribution in [0.2, 0.25) is 0 Å². The van der Waals surface area contributed by atoms with Gasteiger partial charge in [-0.15, -0.1) is 0 Å². The maximum atomic E-state index is 13.6. The van der Waals surface area contributed by atoms with Gasteiger partial charge in [0.15, 0.2) is 5.82 Å². The molecule has 1 aliphatic rings. The monoisotopic (exact) mass is 531 g/mol. The van der Waals surface area contributed by atoms with E-state index >= 15 is 0 Å². The second-order valence-corrected chi connectivity index (χ2v) is 11.2. The summed E-state index contributed by atoms with van der Waals surface area (Å²) in [5.41, 5.74) is 3.71. The molecule has 0 aliphatic carbocycles. The zero-order valence-electron chi connectivity index (χ0n) is 23.6. The van der Waals surface area contributed by atoms with E-state index in [0.29, 0.717) is 18.7 Å². The first-order valence-electron chi connectivity index (χ1n) is 13.5. The Kier molecular flexibility index (Phi) is 6.78. The summed E-state index contributed by atoms with van der Waals surface area (Å²) in [6, 6.07) is 13.6. The predicted molar refractivity (Wildman–Crippen MR) is 152 cm³/mol. The number of likely N-dealkylation sites (tertiary alicyclic amines) is 1. The molecule has 2 aromatic carbocycles. The second-order valence-electron chi connectivity index (χ2n) is 11.2. The molecule has 0 bridgehead atoms. The molecule has 4 aromatic rings. The first-order chi connectivity index (χ1) is 18.5. The Hall–Kier alpha value is -4.01. The van der Waals surface area contributed by atoms with Gasteiger partial charge in [-0.2, -0.15) is 0 Å². The largest absolute Gasteiger partial charge is 0.495 e. The molecule has 0 radical (unpaired) electrons. The minimum absolute atomic E-state index is 0.0968. The highest BCUT2D eigenvalue weighted by Crippen LogP contribution is 2.35. The lowest BCUT2D eigenvalue weighted by Crippen LogP contribution is -2.57. The van der Waals surface area contributed by atoms with Gasteiger partial charge in [-0.25, -0.2) is 9.78 Å². The van der Waals surface area contributed by atoms with Crippen molar-refractivity contribution >= 4 is 33.9 Å². The summed E-state index contributed by atoms with van der Waals surface area (Å²) in [7, 11) is 3.67. The molecule has 1 saturated heterocycles. The van der Waals surface area contributed by atoms with Gasteiger partial charge in [0.25, 0.3) is 5.91 Å². The van der Waals surface area contributed by atoms with Crippen LogP contribution in [0.3, 0.4) is 0 Å². The van der Waals surface area contributed by atoms with Crippen molar-refractivity contribution < 1.29 is 19.4 Å². The normalized spacial score (nSPS) is 16.2. The van der Waals surface area contributed by atoms with Crippen molar-refractivity contribution in [3.05, 3.63) is 48.0 Å². The second kappa shape index (κ2) is 9.94. The summed E-state index contributed by atoms with van der Waals surface area (Å²) >= 11 is 0. The number of carboxylic acid groups (broad SMARTS) is 1. The first-order valence-corrected chi connectivity index (χ1v) is 13.5. The number of carbonyl (C=O) groups excluding carboxylic acids is 1. The highest BCUT2D eigenvalue weighted by molar-refractivity contribution is 5.98. The van der Waals surface area contributed by atoms with E-state index in [1.165, 1.54) is 4.90 Å². The van der Waals surface area contributed by atoms with Crippen LogP contribution in [0.15, 0.2) is 42.5 Å². The zero-order chi connectivity index (χ0) is 28.1. The van der Waals surface area contributed by atoms with Crippen LogP contribution in [-0.2, 0) is 13.6 Å². The molecule has 1 aliphatic heterocycles. The molecule has 9 nitrogen and oxygen atoms in total. The lowest BCUT2D eigenvalue weighted by molar-refractivity contribution is 0.0315. The Labute approximate surface area is 228 Å². The van der Waals surface area contributed by atoms with Crippen molar-refractivity contribution in [1.82, 2.24) is 23.9 Å². The van der Waals surface area contributed by atoms with Crippen LogP contribution < -0.4 is 4.74 Å². The van der Waals surface area contributed by atoms with E-state index in [2.05, 4.69) is 28.2 Å². The molecule has 2 aromatic heterocycles. The summed E-state index contributed by atoms with van der Waals surface area (Å²) in [6.45, 7) is 9.52. The van der Waals surface area contributed by atoms with Crippen LogP contribution in [0, 0.1) is 0 Å². The number of ether oxygens (including phenoxy) is 1. The SMILES string of the molecule is CCn1c(-c2nc3cc(C(=O)N4CCC[C@@H](N(C(=O)O)C(C)(C)C)C4)ccc3n2C)cc2cccc(OC)c21. The molecule has 0 unspecified atom stereocenters. The Morgan fingerprint density at radius 1 is 1.18 bits per heavy atom. The maximum absolute atomic E-state index is 13.6. The van der Waals surface area contributed by atoms with Crippen LogP contribution in [0.4, 0.5) is 4.79 Å². The Bertz CT molecular complexity index is 1560. The molecule has 0 spiro atoms. The number of imidazole rings is 1. The highest BCUT2D eigenvalue weighted by Gasteiger charge is 2.37. The van der Waals surface area contributed by atoms with Crippen molar-refractivity contribution in [3.63, 3.8) is 0 Å². The van der Waals surface area contributed by atoms with Crippen molar-refractivity contribution in [2.75, 3.05) is 20.2 Å². The number of amides is 2. The molecule has 1 N–H and O–H groups in total. The van der Waals surface area contributed by atoms with E-state index in [0.717, 1.165) is 58.6 Å². The molecule has 9 heteroatoms. The van der Waals surface area contributed by atoms with Crippen molar-refractivity contribution in [2.24, 2.45) is 7.05 Å². The maximum Gasteiger partial charge on any atom is 0.408 e. The number of para-hydroxylation sites is 1. The van der Waals surface area contributed by atoms with Gasteiger partial charge in [0.2, 0.25) is 0 Å². The lowest BCUT2D eigenvalue weighted by atomic mass is 9.97. The minimum atomic E-state index is -0.952. The van der Waals surface area contributed by atoms with Crippen LogP contribution in [0.25, 0.3) is 33.5 Å². The molecular formula is C30H37N5O4. The van der Waals surface area contributed by atoms with Crippen LogP contribution in [-0.4, -0.2) is 72.8 Å². The fraction of sp³-hybridized carbons (Fsp3) is 0.433. The number of hydrogen-bond donors (Lipinski definition) is 1. The van der Waals surface area contributed by atoms with E-state index in [1.54, 1.807) is 12.0 Å². The number of piperidine rings is 1. The van der Waals surface area contributed by atoms with Crippen molar-refractivity contribution in [1.29, 1.82) is 0 Å². The van der Waals surface area contributed by atoms with Gasteiger partial charge < -0.3 is 23.9 Å². The van der Waals surface area contributed by atoms with E-state index in [9.17, 15) is 14.7 Å². The van der Waals surface area contributed by atoms with E-state index < -0.39 is 11.6 Å². The topological polar surface area (TPSA) is 92.8 Å². The number of aromatic nitrogens is 3. The molecular weight excluding hydrogens is 494 g/mol. The van der Waals surface area contributed by atoms with Gasteiger partial charge in [-0.1, -0.05) is 12.1 Å². The molecule has 5 rings (SSSR count). The molecule has 1 atom stereocenters. The Morgan fingerprint density at radius 3 is 2.62 bits per heavy atom. The van der Waals surface area contributed by atoms with E-state index in [1.807, 2.05) is 58.2 Å². The summed E-state index contributed by atoms with van der Waals surface area (Å²) in [5, 5.41) is 10.9. The Morgan fingerprint density at radius 2 is 1.95 bits per heavy atom. The van der Waals surface area contributed by atoms with Crippen molar-refractivity contribution in [2.45, 2.75) is 58.7 Å². The number of carbonyl (C=O) groups is 2. The average molecular weight is 532 g/mol. The van der Waals surface area contributed by atoms with Gasteiger partial charge >= 0.3 is 6.09 Å². The summed E-state index contributed by atoms with van der Waals surface area (Å²) < 4.78 is 9.90. The number of hydrogen-bond acceptors (Lipinski definition) is 4. The van der Waals surface area contributed by atoms with Crippen LogP contribution in [0.5, 0.6) is 5.75 Å². The standard InChI is InChI=1S/C30H37N5O4/c1-7-34-24(17-19-10-8-12-25(39-6)26(19)34)27-31-22-16-20(13-14-23(22)32(27)5)28(36)33-15-9-11-21(18-33)35(29(37)38)30(2,3)4/h8,10,12-14,16-17,21H,7,9,11,15,18H2,1-6H3,(H,37,38)/t21-/m1/s1. The lowest BCUT2D eigenvalue weighted by Gasteiger charge is -2.44. The number of nitrogens with zero attached hydrogens (tertiary/aromatic N) is 5. The van der Waals surface area contributed by atoms with E-state index in [4.69, 9.17) is 9.72 Å². The van der Waals surface area contributed by atoms with Gasteiger partial charge in [-0.05, 0) is 70.9 Å². The molecule has 39 heavy (non-hydrogen) atoms. The zero-order valence-corrected chi connectivity index (χ0v) is 23.6. The average Bonchev–Trinajstić information content (AvgIpc) is 3.44. The molecule has 1 fully saturated rings. The third-order valence-corrected chi connectivity index (χ3v) is 7.75. The number of benzene rings is 2. The highest BCUT2D eigenvalue weighted by atomic mass is 16.5. The number of aryl methyl sites for hydroxylation is 2. The van der Waals surface area contributed by atoms with E-state index in [-0.39, 0.29) is 11.9 Å². The third kappa shape index (κ3) is 4.60. The Balaban J connectivity index is 1.48. The number of fused-ring (bicyclic) bond motifs is 2.